The van der Waals surface area contributed by atoms with Crippen molar-refractivity contribution in [1.29, 1.82) is 0 Å². The summed E-state index contributed by atoms with van der Waals surface area (Å²) >= 11 is 0. The zero-order valence-corrected chi connectivity index (χ0v) is 13.9. The Kier molecular flexibility index (Phi) is 7.10. The Morgan fingerprint density at radius 1 is 1.26 bits per heavy atom. The highest BCUT2D eigenvalue weighted by Gasteiger charge is 2.27. The Morgan fingerprint density at radius 2 is 1.87 bits per heavy atom. The summed E-state index contributed by atoms with van der Waals surface area (Å²) in [5.74, 6) is -1.08. The molecule has 0 atom stereocenters. The van der Waals surface area contributed by atoms with Crippen LogP contribution in [0.5, 0.6) is 0 Å². The molecule has 1 rings (SSSR count). The third-order valence-electron chi connectivity index (χ3n) is 3.05. The second-order valence-electron chi connectivity index (χ2n) is 4.42. The molecule has 6 heteroatoms. The van der Waals surface area contributed by atoms with E-state index in [1.165, 1.54) is 24.3 Å². The lowest BCUT2D eigenvalue weighted by molar-refractivity contribution is -0.131. The number of ether oxygens (including phenoxy) is 1. The molecule has 0 unspecified atom stereocenters. The van der Waals surface area contributed by atoms with Gasteiger partial charge in [0.2, 0.25) is 9.84 Å². The number of allylic oxidation sites excluding steroid dienone is 2. The minimum Gasteiger partial charge on any atom is -0.378 e. The molecule has 0 aromatic heterocycles. The molecular formula is C17H19NO4S. The van der Waals surface area contributed by atoms with Gasteiger partial charge in [-0.25, -0.2) is 13.2 Å². The molecule has 0 aliphatic carbocycles. The highest BCUT2D eigenvalue weighted by molar-refractivity contribution is 7.96. The van der Waals surface area contributed by atoms with Gasteiger partial charge in [0.1, 0.15) is 6.11 Å². The Hall–Kier alpha value is -2.52. The fraction of sp³-hybridized carbons (Fsp3) is 0.235. The van der Waals surface area contributed by atoms with Crippen LogP contribution in [-0.4, -0.2) is 32.4 Å². The number of rotatable bonds is 7. The van der Waals surface area contributed by atoms with Crippen molar-refractivity contribution in [2.24, 2.45) is 0 Å². The lowest BCUT2D eigenvalue weighted by Gasteiger charge is -2.14. The van der Waals surface area contributed by atoms with Crippen LogP contribution in [-0.2, 0) is 19.4 Å². The summed E-state index contributed by atoms with van der Waals surface area (Å²) in [6.07, 6.45) is 11.0. The molecule has 1 aromatic rings. The summed E-state index contributed by atoms with van der Waals surface area (Å²) in [6.45, 7) is 5.45. The van der Waals surface area contributed by atoms with E-state index < -0.39 is 20.7 Å². The highest BCUT2D eigenvalue weighted by atomic mass is 32.2. The van der Waals surface area contributed by atoms with Crippen molar-refractivity contribution < 1.29 is 17.9 Å². The van der Waals surface area contributed by atoms with E-state index in [9.17, 15) is 13.2 Å². The Labute approximate surface area is 137 Å². The first kappa shape index (κ1) is 18.5. The minimum atomic E-state index is -4.01. The van der Waals surface area contributed by atoms with Gasteiger partial charge in [-0.2, -0.15) is 0 Å². The monoisotopic (exact) mass is 333 g/mol. The lowest BCUT2D eigenvalue weighted by atomic mass is 10.4. The molecule has 0 spiro atoms. The van der Waals surface area contributed by atoms with Crippen molar-refractivity contribution in [3.8, 4) is 12.5 Å². The standard InChI is InChI=1S/C17H19NO4S/c1-4-18(5-2)14-10-13-16(17(19)22-6-3)23(20,21)15-11-8-7-9-12-15/h3,7-14H,4-5H2,1-2H3. The molecule has 0 aliphatic rings. The Balaban J connectivity index is 3.26. The zero-order valence-electron chi connectivity index (χ0n) is 13.1. The first-order valence-corrected chi connectivity index (χ1v) is 8.55. The molecule has 0 N–H and O–H groups in total. The largest absolute Gasteiger partial charge is 0.378 e. The molecule has 0 radical (unpaired) electrons. The van der Waals surface area contributed by atoms with Crippen molar-refractivity contribution in [3.05, 3.63) is 53.6 Å². The Bertz CT molecular complexity index is 724. The number of esters is 1. The topological polar surface area (TPSA) is 63.7 Å². The van der Waals surface area contributed by atoms with Crippen molar-refractivity contribution >= 4 is 15.8 Å². The third kappa shape index (κ3) is 5.01. The van der Waals surface area contributed by atoms with Crippen LogP contribution in [0.4, 0.5) is 0 Å². The highest BCUT2D eigenvalue weighted by Crippen LogP contribution is 2.20. The quantitative estimate of drug-likeness (QED) is 0.332. The van der Waals surface area contributed by atoms with Crippen molar-refractivity contribution in [1.82, 2.24) is 4.90 Å². The number of hydrogen-bond acceptors (Lipinski definition) is 5. The number of terminal acetylenes is 1. The summed E-state index contributed by atoms with van der Waals surface area (Å²) in [4.78, 5) is 13.3. The van der Waals surface area contributed by atoms with Crippen LogP contribution >= 0.6 is 0 Å². The maximum Gasteiger partial charge on any atom is 0.364 e. The number of carbonyl (C=O) groups excluding carboxylic acids is 1. The summed E-state index contributed by atoms with van der Waals surface area (Å²) in [5.41, 5.74) is 0. The van der Waals surface area contributed by atoms with Gasteiger partial charge < -0.3 is 9.64 Å². The molecule has 0 aliphatic heterocycles. The van der Waals surface area contributed by atoms with E-state index in [1.54, 1.807) is 30.5 Å². The average molecular weight is 333 g/mol. The summed E-state index contributed by atoms with van der Waals surface area (Å²) in [6, 6.07) is 7.63. The van der Waals surface area contributed by atoms with Gasteiger partial charge in [0, 0.05) is 13.1 Å². The van der Waals surface area contributed by atoms with Crippen molar-refractivity contribution in [2.75, 3.05) is 13.1 Å². The molecule has 0 bridgehead atoms. The molecule has 0 fully saturated rings. The fourth-order valence-electron chi connectivity index (χ4n) is 1.78. The first-order chi connectivity index (χ1) is 11.0. The van der Waals surface area contributed by atoms with Gasteiger partial charge in [-0.15, -0.1) is 0 Å². The maximum atomic E-state index is 12.6. The maximum absolute atomic E-state index is 12.6. The van der Waals surface area contributed by atoms with Gasteiger partial charge in [0.25, 0.3) is 0 Å². The van der Waals surface area contributed by atoms with E-state index in [0.29, 0.717) is 0 Å². The number of sulfone groups is 1. The second kappa shape index (κ2) is 8.81. The van der Waals surface area contributed by atoms with E-state index in [-0.39, 0.29) is 4.90 Å². The van der Waals surface area contributed by atoms with Crippen molar-refractivity contribution in [2.45, 2.75) is 18.7 Å². The van der Waals surface area contributed by atoms with E-state index in [4.69, 9.17) is 6.42 Å². The molecule has 0 amide bonds. The van der Waals surface area contributed by atoms with Crippen LogP contribution in [0, 0.1) is 12.5 Å². The van der Waals surface area contributed by atoms with E-state index in [1.807, 2.05) is 18.7 Å². The summed E-state index contributed by atoms with van der Waals surface area (Å²) < 4.78 is 29.6. The van der Waals surface area contributed by atoms with Crippen LogP contribution in [0.1, 0.15) is 13.8 Å². The van der Waals surface area contributed by atoms with Gasteiger partial charge in [-0.3, -0.25) is 0 Å². The van der Waals surface area contributed by atoms with Crippen LogP contribution in [0.15, 0.2) is 58.5 Å². The molecule has 0 saturated carbocycles. The van der Waals surface area contributed by atoms with E-state index in [2.05, 4.69) is 4.74 Å². The van der Waals surface area contributed by atoms with Crippen LogP contribution in [0.3, 0.4) is 0 Å². The molecule has 1 aromatic carbocycles. The van der Waals surface area contributed by atoms with Gasteiger partial charge in [0.05, 0.1) is 4.90 Å². The molecule has 0 heterocycles. The minimum absolute atomic E-state index is 0.00328. The normalized spacial score (nSPS) is 12.0. The molecule has 122 valence electrons. The van der Waals surface area contributed by atoms with Gasteiger partial charge >= 0.3 is 5.97 Å². The van der Waals surface area contributed by atoms with Gasteiger partial charge in [0.15, 0.2) is 4.91 Å². The third-order valence-corrected chi connectivity index (χ3v) is 4.83. The smallest absolute Gasteiger partial charge is 0.364 e. The van der Waals surface area contributed by atoms with Crippen molar-refractivity contribution in [3.63, 3.8) is 0 Å². The number of carbonyl (C=O) groups is 1. The van der Waals surface area contributed by atoms with Gasteiger partial charge in [-0.1, -0.05) is 24.6 Å². The van der Waals surface area contributed by atoms with Gasteiger partial charge in [-0.05, 0) is 44.3 Å². The first-order valence-electron chi connectivity index (χ1n) is 7.06. The SMILES string of the molecule is C#COC(=O)C(=CC=CN(CC)CC)S(=O)(=O)c1ccccc1. The fourth-order valence-corrected chi connectivity index (χ4v) is 3.07. The van der Waals surface area contributed by atoms with Crippen LogP contribution in [0.25, 0.3) is 0 Å². The second-order valence-corrected chi connectivity index (χ2v) is 6.34. The molecular weight excluding hydrogens is 314 g/mol. The molecule has 23 heavy (non-hydrogen) atoms. The Morgan fingerprint density at radius 3 is 2.39 bits per heavy atom. The number of hydrogen-bond donors (Lipinski definition) is 0. The lowest BCUT2D eigenvalue weighted by Crippen LogP contribution is -2.16. The van der Waals surface area contributed by atoms with E-state index >= 15 is 0 Å². The molecule has 0 saturated heterocycles. The zero-order chi connectivity index (χ0) is 17.3. The average Bonchev–Trinajstić information content (AvgIpc) is 2.56. The number of benzene rings is 1. The summed E-state index contributed by atoms with van der Waals surface area (Å²) in [7, 11) is -4.01. The van der Waals surface area contributed by atoms with E-state index in [0.717, 1.165) is 13.1 Å². The predicted molar refractivity (Wildman–Crippen MR) is 88.7 cm³/mol. The molecule has 5 nitrogen and oxygen atoms in total. The number of nitrogens with zero attached hydrogens (tertiary/aromatic N) is 1. The summed E-state index contributed by atoms with van der Waals surface area (Å²) in [5, 5.41) is 0. The van der Waals surface area contributed by atoms with Crippen LogP contribution < -0.4 is 0 Å². The predicted octanol–water partition coefficient (Wildman–Crippen LogP) is 2.33. The van der Waals surface area contributed by atoms with Crippen LogP contribution in [0.2, 0.25) is 0 Å².